The molecule has 0 saturated carbocycles. The number of ether oxygens (including phenoxy) is 1. The zero-order chi connectivity index (χ0) is 20.0. The number of rotatable bonds is 5. The zero-order valence-electron chi connectivity index (χ0n) is 15.0. The van der Waals surface area contributed by atoms with E-state index in [0.29, 0.717) is 30.6 Å². The van der Waals surface area contributed by atoms with Crippen LogP contribution in [0, 0.1) is 29.2 Å². The van der Waals surface area contributed by atoms with Gasteiger partial charge in [-0.15, -0.1) is 0 Å². The predicted molar refractivity (Wildman–Crippen MR) is 99.4 cm³/mol. The maximum atomic E-state index is 13.0. The number of esters is 2. The van der Waals surface area contributed by atoms with Crippen molar-refractivity contribution in [3.8, 4) is 12.0 Å². The molecule has 1 aliphatic heterocycles. The van der Waals surface area contributed by atoms with Gasteiger partial charge in [-0.2, -0.15) is 0 Å². The number of amides is 1. The molecule has 8 nitrogen and oxygen atoms in total. The van der Waals surface area contributed by atoms with Gasteiger partial charge in [0.2, 0.25) is 5.91 Å². The third-order valence-electron chi connectivity index (χ3n) is 4.43. The minimum Gasteiger partial charge on any atom is -0.393 e. The number of benzene rings is 1. The van der Waals surface area contributed by atoms with Crippen LogP contribution in [-0.2, 0) is 19.1 Å². The maximum absolute atomic E-state index is 13.0. The van der Waals surface area contributed by atoms with Crippen LogP contribution >= 0.6 is 0 Å². The monoisotopic (exact) mass is 370 g/mol. The van der Waals surface area contributed by atoms with Crippen molar-refractivity contribution in [2.24, 2.45) is 23.3 Å². The van der Waals surface area contributed by atoms with E-state index in [2.05, 4.69) is 12.0 Å². The van der Waals surface area contributed by atoms with Crippen molar-refractivity contribution in [1.29, 1.82) is 5.41 Å². The molecule has 142 valence electrons. The molecule has 0 aliphatic carbocycles. The lowest BCUT2D eigenvalue weighted by Crippen LogP contribution is -2.46. The lowest BCUT2D eigenvalue weighted by atomic mass is 9.82. The van der Waals surface area contributed by atoms with Gasteiger partial charge in [0, 0.05) is 37.2 Å². The van der Waals surface area contributed by atoms with Crippen LogP contribution in [0.5, 0.6) is 0 Å². The van der Waals surface area contributed by atoms with E-state index < -0.39 is 23.8 Å². The van der Waals surface area contributed by atoms with Gasteiger partial charge in [-0.25, -0.2) is 0 Å². The first-order valence-electron chi connectivity index (χ1n) is 8.51. The van der Waals surface area contributed by atoms with Crippen molar-refractivity contribution in [3.63, 3.8) is 0 Å². The number of hydrogen-bond donors (Lipinski definition) is 3. The summed E-state index contributed by atoms with van der Waals surface area (Å²) in [5.41, 5.74) is 11.9. The Morgan fingerprint density at radius 1 is 1.37 bits per heavy atom. The van der Waals surface area contributed by atoms with E-state index in [9.17, 15) is 14.4 Å². The van der Waals surface area contributed by atoms with Crippen molar-refractivity contribution in [2.75, 3.05) is 11.4 Å². The van der Waals surface area contributed by atoms with Gasteiger partial charge in [-0.1, -0.05) is 5.92 Å². The number of nitrogens with two attached hydrogens (primary N) is 2. The molecule has 0 spiro atoms. The summed E-state index contributed by atoms with van der Waals surface area (Å²) >= 11 is 0. The summed E-state index contributed by atoms with van der Waals surface area (Å²) in [5.74, 6) is -0.706. The summed E-state index contributed by atoms with van der Waals surface area (Å²) in [6, 6.07) is 8.96. The molecular weight excluding hydrogens is 348 g/mol. The molecule has 1 fully saturated rings. The van der Waals surface area contributed by atoms with Crippen molar-refractivity contribution in [3.05, 3.63) is 29.8 Å². The SMILES string of the molecule is CC(=O)OC(=O)C(CC#CN)C1CCCN(c2ccc(C(=N)N)cc2)C1=O. The fourth-order valence-corrected chi connectivity index (χ4v) is 3.13. The van der Waals surface area contributed by atoms with Gasteiger partial charge in [0.1, 0.15) is 5.84 Å². The molecule has 5 N–H and O–H groups in total. The molecule has 1 amide bonds. The van der Waals surface area contributed by atoms with Gasteiger partial charge in [-0.05, 0) is 37.1 Å². The van der Waals surface area contributed by atoms with Crippen LogP contribution in [0.2, 0.25) is 0 Å². The minimum atomic E-state index is -0.864. The molecule has 1 aromatic rings. The van der Waals surface area contributed by atoms with E-state index in [-0.39, 0.29) is 18.2 Å². The Hall–Kier alpha value is -3.34. The van der Waals surface area contributed by atoms with Gasteiger partial charge in [-0.3, -0.25) is 19.8 Å². The average Bonchev–Trinajstić information content (AvgIpc) is 2.62. The summed E-state index contributed by atoms with van der Waals surface area (Å²) in [6.45, 7) is 1.64. The highest BCUT2D eigenvalue weighted by Crippen LogP contribution is 2.31. The minimum absolute atomic E-state index is 0.0378. The van der Waals surface area contributed by atoms with Crippen LogP contribution in [-0.4, -0.2) is 30.2 Å². The number of piperidine rings is 1. The molecule has 0 radical (unpaired) electrons. The van der Waals surface area contributed by atoms with E-state index in [1.165, 1.54) is 0 Å². The standard InChI is InChI=1S/C19H22N4O4/c1-12(24)27-19(26)16(4-2-10-20)15-5-3-11-23(18(15)25)14-8-6-13(7-9-14)17(21)22/h6-9,15-16H,3-5,11,20H2,1H3,(H3,21,22). The number of amidine groups is 1. The lowest BCUT2D eigenvalue weighted by Gasteiger charge is -2.35. The fraction of sp³-hybridized carbons (Fsp3) is 0.368. The number of nitrogens with zero attached hydrogens (tertiary/aromatic N) is 1. The second-order valence-corrected chi connectivity index (χ2v) is 6.24. The Balaban J connectivity index is 2.25. The lowest BCUT2D eigenvalue weighted by molar-refractivity contribution is -0.163. The molecule has 0 aromatic heterocycles. The largest absolute Gasteiger partial charge is 0.393 e. The first kappa shape index (κ1) is 20.0. The summed E-state index contributed by atoms with van der Waals surface area (Å²) < 4.78 is 4.70. The highest BCUT2D eigenvalue weighted by Gasteiger charge is 2.39. The third kappa shape index (κ3) is 4.85. The normalized spacial score (nSPS) is 17.4. The van der Waals surface area contributed by atoms with Gasteiger partial charge >= 0.3 is 11.9 Å². The average molecular weight is 370 g/mol. The Labute approximate surface area is 157 Å². The van der Waals surface area contributed by atoms with Crippen LogP contribution < -0.4 is 16.4 Å². The number of nitrogens with one attached hydrogen (secondary N) is 1. The summed E-state index contributed by atoms with van der Waals surface area (Å²) in [7, 11) is 0. The summed E-state index contributed by atoms with van der Waals surface area (Å²) in [6.07, 6.45) is 1.21. The van der Waals surface area contributed by atoms with Crippen LogP contribution in [0.3, 0.4) is 0 Å². The molecule has 1 aromatic carbocycles. The number of nitrogen functional groups attached to an aromatic ring is 1. The highest BCUT2D eigenvalue weighted by atomic mass is 16.6. The Bertz CT molecular complexity index is 807. The molecule has 2 unspecified atom stereocenters. The molecule has 1 heterocycles. The molecule has 1 saturated heterocycles. The van der Waals surface area contributed by atoms with E-state index in [0.717, 1.165) is 6.92 Å². The van der Waals surface area contributed by atoms with Gasteiger partial charge in [0.15, 0.2) is 0 Å². The van der Waals surface area contributed by atoms with Crippen LogP contribution in [0.25, 0.3) is 0 Å². The summed E-state index contributed by atoms with van der Waals surface area (Å²) in [5, 5.41) is 7.44. The number of hydrogen-bond acceptors (Lipinski definition) is 6. The number of carbonyl (C=O) groups excluding carboxylic acids is 3. The van der Waals surface area contributed by atoms with Crippen molar-refractivity contribution in [1.82, 2.24) is 0 Å². The Morgan fingerprint density at radius 2 is 2.04 bits per heavy atom. The second-order valence-electron chi connectivity index (χ2n) is 6.24. The fourth-order valence-electron chi connectivity index (χ4n) is 3.13. The van der Waals surface area contributed by atoms with Gasteiger partial charge < -0.3 is 21.1 Å². The zero-order valence-corrected chi connectivity index (χ0v) is 15.0. The Morgan fingerprint density at radius 3 is 2.59 bits per heavy atom. The molecular formula is C19H22N4O4. The molecule has 1 aliphatic rings. The molecule has 8 heteroatoms. The smallest absolute Gasteiger partial charge is 0.318 e. The Kier molecular flexibility index (Phi) is 6.55. The van der Waals surface area contributed by atoms with E-state index in [1.54, 1.807) is 29.2 Å². The van der Waals surface area contributed by atoms with E-state index in [4.69, 9.17) is 21.6 Å². The van der Waals surface area contributed by atoms with Gasteiger partial charge in [0.05, 0.1) is 11.8 Å². The molecule has 0 bridgehead atoms. The van der Waals surface area contributed by atoms with E-state index in [1.807, 2.05) is 0 Å². The molecule has 2 rings (SSSR count). The first-order chi connectivity index (χ1) is 12.8. The number of anilines is 1. The van der Waals surface area contributed by atoms with Gasteiger partial charge in [0.25, 0.3) is 0 Å². The topological polar surface area (TPSA) is 140 Å². The predicted octanol–water partition coefficient (Wildman–Crippen LogP) is 0.729. The third-order valence-corrected chi connectivity index (χ3v) is 4.43. The molecule has 27 heavy (non-hydrogen) atoms. The first-order valence-corrected chi connectivity index (χ1v) is 8.51. The summed E-state index contributed by atoms with van der Waals surface area (Å²) in [4.78, 5) is 38.1. The number of carbonyl (C=O) groups is 3. The maximum Gasteiger partial charge on any atom is 0.318 e. The van der Waals surface area contributed by atoms with Crippen LogP contribution in [0.1, 0.15) is 31.7 Å². The van der Waals surface area contributed by atoms with Crippen LogP contribution in [0.4, 0.5) is 5.69 Å². The van der Waals surface area contributed by atoms with Crippen molar-refractivity contribution >= 4 is 29.4 Å². The molecule has 2 atom stereocenters. The quantitative estimate of drug-likeness (QED) is 0.174. The second kappa shape index (κ2) is 8.85. The highest BCUT2D eigenvalue weighted by molar-refractivity contribution is 6.00. The van der Waals surface area contributed by atoms with Crippen molar-refractivity contribution < 1.29 is 19.1 Å². The van der Waals surface area contributed by atoms with E-state index >= 15 is 0 Å². The van der Waals surface area contributed by atoms with Crippen LogP contribution in [0.15, 0.2) is 24.3 Å². The van der Waals surface area contributed by atoms with Crippen molar-refractivity contribution in [2.45, 2.75) is 26.2 Å².